The number of anilines is 2. The quantitative estimate of drug-likeness (QED) is 0.602. The summed E-state index contributed by atoms with van der Waals surface area (Å²) in [5.41, 5.74) is 1.52. The molecule has 2 aromatic rings. The van der Waals surface area contributed by atoms with Crippen molar-refractivity contribution in [3.63, 3.8) is 0 Å². The molecular weight excluding hydrogens is 489 g/mol. The number of hydrogen-bond acceptors (Lipinski definition) is 4. The van der Waals surface area contributed by atoms with Gasteiger partial charge in [0.2, 0.25) is 0 Å². The fourth-order valence-electron chi connectivity index (χ4n) is 4.94. The lowest BCUT2D eigenvalue weighted by Crippen LogP contribution is -2.55. The van der Waals surface area contributed by atoms with Gasteiger partial charge in [-0.05, 0) is 49.2 Å². The molecule has 3 aliphatic heterocycles. The second-order valence-electron chi connectivity index (χ2n) is 8.19. The maximum Gasteiger partial charge on any atom is 0.332 e. The number of carbonyl (C=O) groups is 3. The van der Waals surface area contributed by atoms with Crippen molar-refractivity contribution in [2.45, 2.75) is 31.5 Å². The van der Waals surface area contributed by atoms with E-state index in [1.807, 2.05) is 6.07 Å². The van der Waals surface area contributed by atoms with Crippen LogP contribution in [0.3, 0.4) is 0 Å². The Kier molecular flexibility index (Phi) is 5.16. The number of nitrogens with zero attached hydrogens (tertiary/aromatic N) is 4. The number of urea groups is 2. The summed E-state index contributed by atoms with van der Waals surface area (Å²) in [5, 5.41) is 12.9. The zero-order valence-electron chi connectivity index (χ0n) is 17.2. The predicted octanol–water partition coefficient (Wildman–Crippen LogP) is 4.65. The number of carbonyl (C=O) groups excluding carboxylic acids is 3. The molecule has 11 heteroatoms. The van der Waals surface area contributed by atoms with Crippen molar-refractivity contribution in [1.82, 2.24) is 9.80 Å². The number of likely N-dealkylation sites (tertiary alicyclic amines) is 1. The Morgan fingerprint density at radius 2 is 1.85 bits per heavy atom. The molecule has 3 atom stereocenters. The third kappa shape index (κ3) is 3.31. The Balaban J connectivity index is 1.41. The van der Waals surface area contributed by atoms with Gasteiger partial charge in [-0.3, -0.25) is 4.79 Å². The predicted molar refractivity (Wildman–Crippen MR) is 124 cm³/mol. The first-order valence-electron chi connectivity index (χ1n) is 10.1. The lowest BCUT2D eigenvalue weighted by Gasteiger charge is -2.34. The lowest BCUT2D eigenvalue weighted by molar-refractivity contribution is -0.120. The molecule has 0 saturated carbocycles. The van der Waals surface area contributed by atoms with Crippen molar-refractivity contribution in [3.8, 4) is 6.07 Å². The number of nitrogens with one attached hydrogen (secondary N) is 1. The first-order valence-corrected chi connectivity index (χ1v) is 11.2. The third-order valence-electron chi connectivity index (χ3n) is 6.36. The smallest absolute Gasteiger partial charge is 0.317 e. The fraction of sp³-hybridized carbons (Fsp3) is 0.273. The van der Waals surface area contributed by atoms with Crippen molar-refractivity contribution in [2.75, 3.05) is 16.8 Å². The van der Waals surface area contributed by atoms with Crippen molar-refractivity contribution in [3.05, 3.63) is 56.5 Å². The highest BCUT2D eigenvalue weighted by Crippen LogP contribution is 2.43. The SMILES string of the molecule is Cc1c(N2C(=O)C3C4CC(CN4C(=O)Nc4cc(Cl)cc(Cl)c4)N3C2=O)ccc(C#N)c1Cl. The Bertz CT molecular complexity index is 1260. The van der Waals surface area contributed by atoms with Crippen LogP contribution in [0.5, 0.6) is 0 Å². The average molecular weight is 505 g/mol. The van der Waals surface area contributed by atoms with Crippen LogP contribution < -0.4 is 10.2 Å². The molecule has 3 unspecified atom stereocenters. The standard InChI is InChI=1S/C22H16Cl3N5O3/c1-10-16(3-2-11(8-26)18(10)25)30-20(31)19-17-7-15(29(19)22(30)33)9-28(17)21(32)27-14-5-12(23)4-13(24)6-14/h2-6,15,17,19H,7,9H2,1H3,(H,27,32). The van der Waals surface area contributed by atoms with Crippen LogP contribution >= 0.6 is 34.8 Å². The van der Waals surface area contributed by atoms with Crippen LogP contribution in [-0.2, 0) is 4.79 Å². The highest BCUT2D eigenvalue weighted by atomic mass is 35.5. The molecule has 3 fully saturated rings. The minimum atomic E-state index is -0.779. The van der Waals surface area contributed by atoms with Crippen LogP contribution in [0.4, 0.5) is 21.0 Å². The van der Waals surface area contributed by atoms with E-state index >= 15 is 0 Å². The van der Waals surface area contributed by atoms with Gasteiger partial charge in [0.25, 0.3) is 5.91 Å². The zero-order valence-corrected chi connectivity index (χ0v) is 19.4. The summed E-state index contributed by atoms with van der Waals surface area (Å²) >= 11 is 18.3. The largest absolute Gasteiger partial charge is 0.332 e. The minimum absolute atomic E-state index is 0.201. The number of benzene rings is 2. The van der Waals surface area contributed by atoms with Crippen molar-refractivity contribution < 1.29 is 14.4 Å². The van der Waals surface area contributed by atoms with Crippen LogP contribution in [0.1, 0.15) is 17.5 Å². The Morgan fingerprint density at radius 3 is 2.52 bits per heavy atom. The number of imide groups is 1. The number of piperazine rings is 1. The van der Waals surface area contributed by atoms with Gasteiger partial charge in [0.1, 0.15) is 12.1 Å². The van der Waals surface area contributed by atoms with Gasteiger partial charge < -0.3 is 15.1 Å². The van der Waals surface area contributed by atoms with E-state index in [-0.39, 0.29) is 16.6 Å². The summed E-state index contributed by atoms with van der Waals surface area (Å²) in [6.07, 6.45) is 0.521. The maximum absolute atomic E-state index is 13.4. The number of nitriles is 1. The minimum Gasteiger partial charge on any atom is -0.317 e. The molecule has 168 valence electrons. The summed E-state index contributed by atoms with van der Waals surface area (Å²) in [4.78, 5) is 43.8. The number of hydrogen-bond donors (Lipinski definition) is 1. The lowest BCUT2D eigenvalue weighted by atomic mass is 10.1. The van der Waals surface area contributed by atoms with Crippen molar-refractivity contribution in [1.29, 1.82) is 5.26 Å². The van der Waals surface area contributed by atoms with Crippen LogP contribution in [0.25, 0.3) is 0 Å². The fourth-order valence-corrected chi connectivity index (χ4v) is 5.67. The van der Waals surface area contributed by atoms with E-state index in [4.69, 9.17) is 34.8 Å². The first-order chi connectivity index (χ1) is 15.7. The summed E-state index contributed by atoms with van der Waals surface area (Å²) in [7, 11) is 0. The molecule has 5 amide bonds. The van der Waals surface area contributed by atoms with Crippen LogP contribution in [0.15, 0.2) is 30.3 Å². The molecule has 33 heavy (non-hydrogen) atoms. The van der Waals surface area contributed by atoms with Gasteiger partial charge in [-0.15, -0.1) is 0 Å². The average Bonchev–Trinajstić information content (AvgIpc) is 3.41. The zero-order chi connectivity index (χ0) is 23.6. The summed E-state index contributed by atoms with van der Waals surface area (Å²) in [6.45, 7) is 1.97. The molecule has 3 aliphatic rings. The second-order valence-corrected chi connectivity index (χ2v) is 9.44. The normalized spacial score (nSPS) is 23.2. The van der Waals surface area contributed by atoms with Gasteiger partial charge in [0, 0.05) is 22.3 Å². The van der Waals surface area contributed by atoms with Crippen LogP contribution in [-0.4, -0.2) is 52.4 Å². The number of fused-ring (bicyclic) bond motifs is 5. The second kappa shape index (κ2) is 7.80. The molecule has 3 saturated heterocycles. The molecule has 2 aromatic carbocycles. The molecule has 1 N–H and O–H groups in total. The first kappa shape index (κ1) is 21.8. The van der Waals surface area contributed by atoms with Crippen molar-refractivity contribution >= 4 is 64.1 Å². The van der Waals surface area contributed by atoms with Gasteiger partial charge in [0.05, 0.1) is 28.4 Å². The van der Waals surface area contributed by atoms with Crippen LogP contribution in [0, 0.1) is 18.3 Å². The topological polar surface area (TPSA) is 96.8 Å². The van der Waals surface area contributed by atoms with Gasteiger partial charge in [-0.25, -0.2) is 14.5 Å². The van der Waals surface area contributed by atoms with E-state index in [0.717, 1.165) is 4.90 Å². The van der Waals surface area contributed by atoms with E-state index in [1.165, 1.54) is 6.07 Å². The molecule has 0 aromatic heterocycles. The van der Waals surface area contributed by atoms with E-state index in [0.29, 0.717) is 39.9 Å². The Morgan fingerprint density at radius 1 is 1.15 bits per heavy atom. The Labute approximate surface area is 204 Å². The summed E-state index contributed by atoms with van der Waals surface area (Å²) < 4.78 is 0. The highest BCUT2D eigenvalue weighted by Gasteiger charge is 2.63. The van der Waals surface area contributed by atoms with E-state index < -0.39 is 30.1 Å². The highest BCUT2D eigenvalue weighted by molar-refractivity contribution is 6.35. The van der Waals surface area contributed by atoms with Crippen LogP contribution in [0.2, 0.25) is 15.1 Å². The van der Waals surface area contributed by atoms with E-state index in [1.54, 1.807) is 41.0 Å². The maximum atomic E-state index is 13.4. The molecule has 0 aliphatic carbocycles. The van der Waals surface area contributed by atoms with Crippen molar-refractivity contribution in [2.24, 2.45) is 0 Å². The molecule has 0 spiro atoms. The molecule has 3 heterocycles. The van der Waals surface area contributed by atoms with Gasteiger partial charge in [-0.2, -0.15) is 5.26 Å². The van der Waals surface area contributed by atoms with E-state index in [2.05, 4.69) is 5.32 Å². The molecular formula is C22H16Cl3N5O3. The van der Waals surface area contributed by atoms with E-state index in [9.17, 15) is 19.6 Å². The summed E-state index contributed by atoms with van der Waals surface area (Å²) in [5.74, 6) is -0.417. The molecule has 0 radical (unpaired) electrons. The van der Waals surface area contributed by atoms with Gasteiger partial charge in [-0.1, -0.05) is 34.8 Å². The Hall–Kier alpha value is -2.99. The third-order valence-corrected chi connectivity index (χ3v) is 7.28. The van der Waals surface area contributed by atoms with Gasteiger partial charge in [0.15, 0.2) is 0 Å². The number of halogens is 3. The number of amides is 5. The molecule has 5 rings (SSSR count). The molecule has 8 nitrogen and oxygen atoms in total. The molecule has 2 bridgehead atoms. The monoisotopic (exact) mass is 503 g/mol. The van der Waals surface area contributed by atoms with Gasteiger partial charge >= 0.3 is 12.1 Å². The number of rotatable bonds is 2. The summed E-state index contributed by atoms with van der Waals surface area (Å²) in [6, 6.07) is 7.39.